The van der Waals surface area contributed by atoms with Crippen LogP contribution in [0.3, 0.4) is 0 Å². The number of hydrogen-bond donors (Lipinski definition) is 1. The van der Waals surface area contributed by atoms with Crippen molar-refractivity contribution in [1.29, 1.82) is 0 Å². The lowest BCUT2D eigenvalue weighted by molar-refractivity contribution is 0.230. The molecule has 2 unspecified atom stereocenters. The summed E-state index contributed by atoms with van der Waals surface area (Å²) >= 11 is 0. The van der Waals surface area contributed by atoms with Crippen molar-refractivity contribution in [2.45, 2.75) is 71.3 Å². The molecular weight excluding hydrogens is 232 g/mol. The van der Waals surface area contributed by atoms with Gasteiger partial charge in [0, 0.05) is 12.6 Å². The Balaban J connectivity index is 1.68. The van der Waals surface area contributed by atoms with E-state index in [0.29, 0.717) is 0 Å². The minimum absolute atomic E-state index is 0.721. The summed E-state index contributed by atoms with van der Waals surface area (Å²) in [6.07, 6.45) is 11.6. The maximum atomic E-state index is 3.75. The van der Waals surface area contributed by atoms with Gasteiger partial charge < -0.3 is 10.2 Å². The first-order valence-electron chi connectivity index (χ1n) is 8.75. The Hall–Kier alpha value is -0.0800. The zero-order chi connectivity index (χ0) is 13.5. The smallest absolute Gasteiger partial charge is 0.0220 e. The first-order chi connectivity index (χ1) is 9.29. The van der Waals surface area contributed by atoms with Crippen LogP contribution in [-0.4, -0.2) is 37.1 Å². The summed E-state index contributed by atoms with van der Waals surface area (Å²) in [6.45, 7) is 9.87. The lowest BCUT2D eigenvalue weighted by Crippen LogP contribution is -2.42. The third-order valence-electron chi connectivity index (χ3n) is 5.40. The summed E-state index contributed by atoms with van der Waals surface area (Å²) in [6, 6.07) is 0.721. The highest BCUT2D eigenvalue weighted by molar-refractivity contribution is 4.80. The molecular formula is C17H34N2. The van der Waals surface area contributed by atoms with Crippen molar-refractivity contribution >= 4 is 0 Å². The molecule has 19 heavy (non-hydrogen) atoms. The van der Waals surface area contributed by atoms with Gasteiger partial charge in [0.05, 0.1) is 0 Å². The van der Waals surface area contributed by atoms with Crippen LogP contribution >= 0.6 is 0 Å². The van der Waals surface area contributed by atoms with Crippen LogP contribution in [0.1, 0.15) is 65.2 Å². The van der Waals surface area contributed by atoms with Gasteiger partial charge in [0.1, 0.15) is 0 Å². The monoisotopic (exact) mass is 266 g/mol. The van der Waals surface area contributed by atoms with Crippen LogP contribution in [0.4, 0.5) is 0 Å². The highest BCUT2D eigenvalue weighted by Crippen LogP contribution is 2.28. The number of nitrogens with one attached hydrogen (secondary N) is 1. The third kappa shape index (κ3) is 5.07. The number of nitrogens with zero attached hydrogens (tertiary/aromatic N) is 1. The highest BCUT2D eigenvalue weighted by Gasteiger charge is 2.22. The van der Waals surface area contributed by atoms with Gasteiger partial charge in [-0.3, -0.25) is 0 Å². The van der Waals surface area contributed by atoms with E-state index in [1.807, 2.05) is 0 Å². The molecule has 1 saturated carbocycles. The largest absolute Gasteiger partial charge is 0.312 e. The van der Waals surface area contributed by atoms with Gasteiger partial charge in [0.15, 0.2) is 0 Å². The molecule has 2 atom stereocenters. The molecule has 1 aliphatic carbocycles. The average molecular weight is 266 g/mol. The second-order valence-corrected chi connectivity index (χ2v) is 6.89. The van der Waals surface area contributed by atoms with E-state index in [1.54, 1.807) is 0 Å². The summed E-state index contributed by atoms with van der Waals surface area (Å²) in [5.41, 5.74) is 0. The van der Waals surface area contributed by atoms with E-state index in [-0.39, 0.29) is 0 Å². The van der Waals surface area contributed by atoms with Crippen molar-refractivity contribution in [3.63, 3.8) is 0 Å². The maximum absolute atomic E-state index is 3.75. The lowest BCUT2D eigenvalue weighted by atomic mass is 9.98. The lowest BCUT2D eigenvalue weighted by Gasteiger charge is -2.28. The van der Waals surface area contributed by atoms with Crippen molar-refractivity contribution in [2.24, 2.45) is 11.8 Å². The van der Waals surface area contributed by atoms with Gasteiger partial charge in [-0.15, -0.1) is 0 Å². The molecule has 1 heterocycles. The molecule has 1 N–H and O–H groups in total. The third-order valence-corrected chi connectivity index (χ3v) is 5.40. The van der Waals surface area contributed by atoms with Crippen molar-refractivity contribution in [3.05, 3.63) is 0 Å². The van der Waals surface area contributed by atoms with Gasteiger partial charge in [-0.2, -0.15) is 0 Å². The van der Waals surface area contributed by atoms with E-state index >= 15 is 0 Å². The van der Waals surface area contributed by atoms with Crippen molar-refractivity contribution in [3.8, 4) is 0 Å². The maximum Gasteiger partial charge on any atom is 0.0220 e. The first kappa shape index (κ1) is 15.3. The molecule has 0 amide bonds. The summed E-state index contributed by atoms with van der Waals surface area (Å²) < 4.78 is 0. The Morgan fingerprint density at radius 3 is 2.74 bits per heavy atom. The predicted molar refractivity (Wildman–Crippen MR) is 83.5 cm³/mol. The molecule has 2 aliphatic rings. The van der Waals surface area contributed by atoms with Gasteiger partial charge in [0.25, 0.3) is 0 Å². The summed E-state index contributed by atoms with van der Waals surface area (Å²) in [4.78, 5) is 2.73. The summed E-state index contributed by atoms with van der Waals surface area (Å²) in [5, 5.41) is 3.75. The number of rotatable bonds is 6. The molecule has 112 valence electrons. The summed E-state index contributed by atoms with van der Waals surface area (Å²) in [7, 11) is 0. The normalized spacial score (nSPS) is 28.4. The molecule has 0 bridgehead atoms. The Morgan fingerprint density at radius 2 is 2.00 bits per heavy atom. The average Bonchev–Trinajstić information content (AvgIpc) is 2.82. The van der Waals surface area contributed by atoms with E-state index in [2.05, 4.69) is 24.1 Å². The molecule has 1 saturated heterocycles. The van der Waals surface area contributed by atoms with Crippen molar-refractivity contribution in [2.75, 3.05) is 26.2 Å². The van der Waals surface area contributed by atoms with Crippen LogP contribution in [-0.2, 0) is 0 Å². The quantitative estimate of drug-likeness (QED) is 0.789. The molecule has 0 aromatic heterocycles. The molecule has 0 aromatic rings. The number of hydrogen-bond acceptors (Lipinski definition) is 2. The fourth-order valence-corrected chi connectivity index (χ4v) is 3.80. The second-order valence-electron chi connectivity index (χ2n) is 6.89. The zero-order valence-electron chi connectivity index (χ0n) is 13.2. The molecule has 0 radical (unpaired) electrons. The van der Waals surface area contributed by atoms with Crippen molar-refractivity contribution in [1.82, 2.24) is 10.2 Å². The highest BCUT2D eigenvalue weighted by atomic mass is 15.2. The fraction of sp³-hybridized carbons (Fsp3) is 1.00. The van der Waals surface area contributed by atoms with E-state index in [9.17, 15) is 0 Å². The van der Waals surface area contributed by atoms with Gasteiger partial charge >= 0.3 is 0 Å². The molecule has 0 spiro atoms. The van der Waals surface area contributed by atoms with Crippen LogP contribution in [0.5, 0.6) is 0 Å². The van der Waals surface area contributed by atoms with Crippen LogP contribution in [0.25, 0.3) is 0 Å². The van der Waals surface area contributed by atoms with Crippen LogP contribution < -0.4 is 5.32 Å². The van der Waals surface area contributed by atoms with E-state index in [1.165, 1.54) is 77.5 Å². The fourth-order valence-electron chi connectivity index (χ4n) is 3.80. The molecule has 2 heteroatoms. The minimum atomic E-state index is 0.721. The molecule has 2 rings (SSSR count). The Labute approximate surface area is 120 Å². The summed E-state index contributed by atoms with van der Waals surface area (Å²) in [5.74, 6) is 1.88. The molecule has 2 nitrogen and oxygen atoms in total. The minimum Gasteiger partial charge on any atom is -0.312 e. The van der Waals surface area contributed by atoms with Crippen molar-refractivity contribution < 1.29 is 0 Å². The van der Waals surface area contributed by atoms with Crippen LogP contribution in [0.2, 0.25) is 0 Å². The van der Waals surface area contributed by atoms with Crippen LogP contribution in [0.15, 0.2) is 0 Å². The van der Waals surface area contributed by atoms with E-state index in [0.717, 1.165) is 17.9 Å². The molecule has 1 aliphatic heterocycles. The SMILES string of the molecule is CCC(C)C1CN(CCCC2CCCC2)CCCN1. The molecule has 0 aromatic carbocycles. The van der Waals surface area contributed by atoms with Gasteiger partial charge in [-0.1, -0.05) is 46.0 Å². The standard InChI is InChI=1S/C17H34N2/c1-3-15(2)17-14-19(13-7-11-18-17)12-6-10-16-8-4-5-9-16/h15-18H,3-14H2,1-2H3. The Morgan fingerprint density at radius 1 is 1.21 bits per heavy atom. The zero-order valence-corrected chi connectivity index (χ0v) is 13.2. The first-order valence-corrected chi connectivity index (χ1v) is 8.75. The Kier molecular flexibility index (Phi) is 6.66. The van der Waals surface area contributed by atoms with Gasteiger partial charge in [-0.25, -0.2) is 0 Å². The second kappa shape index (κ2) is 8.26. The topological polar surface area (TPSA) is 15.3 Å². The van der Waals surface area contributed by atoms with Gasteiger partial charge in [0.2, 0.25) is 0 Å². The Bertz CT molecular complexity index is 235. The van der Waals surface area contributed by atoms with Gasteiger partial charge in [-0.05, 0) is 50.7 Å². The predicted octanol–water partition coefficient (Wildman–Crippen LogP) is 3.67. The van der Waals surface area contributed by atoms with Crippen LogP contribution in [0, 0.1) is 11.8 Å². The molecule has 2 fully saturated rings. The van der Waals surface area contributed by atoms with E-state index in [4.69, 9.17) is 0 Å². The van der Waals surface area contributed by atoms with E-state index < -0.39 is 0 Å².